The van der Waals surface area contributed by atoms with E-state index in [1.54, 1.807) is 6.07 Å². The first-order valence-corrected chi connectivity index (χ1v) is 10.9. The Kier molecular flexibility index (Phi) is 5.77. The van der Waals surface area contributed by atoms with Crippen molar-refractivity contribution in [3.05, 3.63) is 78.1 Å². The van der Waals surface area contributed by atoms with Gasteiger partial charge in [-0.25, -0.2) is 4.39 Å². The topological polar surface area (TPSA) is 50.8 Å². The number of hydrogen-bond donors (Lipinski definition) is 1. The van der Waals surface area contributed by atoms with Crippen LogP contribution in [-0.4, -0.2) is 30.7 Å². The highest BCUT2D eigenvalue weighted by atomic mass is 19.1. The highest BCUT2D eigenvalue weighted by Gasteiger charge is 2.26. The number of piperidine rings is 1. The summed E-state index contributed by atoms with van der Waals surface area (Å²) < 4.78 is 24.6. The number of rotatable bonds is 5. The van der Waals surface area contributed by atoms with Gasteiger partial charge in [0.2, 0.25) is 12.7 Å². The number of nitrogens with zero attached hydrogens (tertiary/aromatic N) is 1. The number of amides is 1. The Morgan fingerprint density at radius 1 is 0.969 bits per heavy atom. The summed E-state index contributed by atoms with van der Waals surface area (Å²) in [5.74, 6) is 1.38. The molecule has 2 aliphatic rings. The van der Waals surface area contributed by atoms with Gasteiger partial charge in [0, 0.05) is 23.7 Å². The molecular formula is C26H25FN2O3. The van der Waals surface area contributed by atoms with Crippen molar-refractivity contribution in [3.8, 4) is 22.6 Å². The average Bonchev–Trinajstić information content (AvgIpc) is 3.30. The van der Waals surface area contributed by atoms with E-state index in [0.29, 0.717) is 0 Å². The molecule has 0 aromatic heterocycles. The number of benzene rings is 3. The van der Waals surface area contributed by atoms with Crippen LogP contribution < -0.4 is 14.8 Å². The van der Waals surface area contributed by atoms with E-state index in [-0.39, 0.29) is 24.4 Å². The Hall–Kier alpha value is -3.38. The molecule has 2 aliphatic heterocycles. The van der Waals surface area contributed by atoms with E-state index < -0.39 is 0 Å². The van der Waals surface area contributed by atoms with Gasteiger partial charge < -0.3 is 14.8 Å². The number of para-hydroxylation sites is 1. The van der Waals surface area contributed by atoms with Crippen molar-refractivity contribution in [3.63, 3.8) is 0 Å². The Balaban J connectivity index is 1.18. The molecule has 0 spiro atoms. The molecule has 1 fully saturated rings. The highest BCUT2D eigenvalue weighted by molar-refractivity contribution is 5.93. The molecule has 1 saturated heterocycles. The van der Waals surface area contributed by atoms with Gasteiger partial charge in [-0.2, -0.15) is 0 Å². The number of likely N-dealkylation sites (tertiary alicyclic amines) is 1. The van der Waals surface area contributed by atoms with Crippen LogP contribution in [0.1, 0.15) is 18.4 Å². The van der Waals surface area contributed by atoms with Crippen LogP contribution in [0.25, 0.3) is 11.1 Å². The van der Waals surface area contributed by atoms with Crippen molar-refractivity contribution in [2.24, 2.45) is 5.92 Å². The van der Waals surface area contributed by atoms with Crippen LogP contribution in [0.15, 0.2) is 66.7 Å². The Morgan fingerprint density at radius 2 is 1.72 bits per heavy atom. The zero-order chi connectivity index (χ0) is 21.9. The lowest BCUT2D eigenvalue weighted by atomic mass is 9.95. The van der Waals surface area contributed by atoms with Gasteiger partial charge in [0.05, 0.1) is 0 Å². The third-order valence-corrected chi connectivity index (χ3v) is 6.12. The van der Waals surface area contributed by atoms with Crippen molar-refractivity contribution < 1.29 is 18.7 Å². The van der Waals surface area contributed by atoms with Crippen molar-refractivity contribution >= 4 is 11.6 Å². The number of anilines is 1. The summed E-state index contributed by atoms with van der Waals surface area (Å²) in [6, 6.07) is 20.0. The second kappa shape index (κ2) is 9.01. The highest BCUT2D eigenvalue weighted by Crippen LogP contribution is 2.36. The molecule has 2 heterocycles. The quantitative estimate of drug-likeness (QED) is 0.612. The van der Waals surface area contributed by atoms with E-state index in [2.05, 4.69) is 16.3 Å². The largest absolute Gasteiger partial charge is 0.454 e. The van der Waals surface area contributed by atoms with Gasteiger partial charge in [0.15, 0.2) is 11.5 Å². The number of ether oxygens (including phenoxy) is 2. The van der Waals surface area contributed by atoms with Crippen LogP contribution in [0.3, 0.4) is 0 Å². The van der Waals surface area contributed by atoms with Crippen molar-refractivity contribution in [2.45, 2.75) is 19.4 Å². The van der Waals surface area contributed by atoms with Crippen molar-refractivity contribution in [2.75, 3.05) is 25.2 Å². The van der Waals surface area contributed by atoms with Gasteiger partial charge in [-0.05, 0) is 67.4 Å². The van der Waals surface area contributed by atoms with Gasteiger partial charge in [-0.3, -0.25) is 9.69 Å². The number of carbonyl (C=O) groups excluding carboxylic acids is 1. The summed E-state index contributed by atoms with van der Waals surface area (Å²) in [7, 11) is 0. The molecule has 3 aromatic carbocycles. The molecule has 1 N–H and O–H groups in total. The predicted octanol–water partition coefficient (Wildman–Crippen LogP) is 5.07. The van der Waals surface area contributed by atoms with Crippen LogP contribution in [0.2, 0.25) is 0 Å². The maximum Gasteiger partial charge on any atom is 0.231 e. The van der Waals surface area contributed by atoms with Crippen molar-refractivity contribution in [1.82, 2.24) is 4.90 Å². The molecule has 0 radical (unpaired) electrons. The zero-order valence-electron chi connectivity index (χ0n) is 17.7. The van der Waals surface area contributed by atoms with Crippen LogP contribution in [0, 0.1) is 11.7 Å². The third kappa shape index (κ3) is 4.46. The lowest BCUT2D eigenvalue weighted by Crippen LogP contribution is -2.37. The molecule has 0 unspecified atom stereocenters. The van der Waals surface area contributed by atoms with Crippen LogP contribution >= 0.6 is 0 Å². The number of fused-ring (bicyclic) bond motifs is 1. The second-order valence-corrected chi connectivity index (χ2v) is 8.28. The minimum absolute atomic E-state index is 0.0230. The molecule has 5 rings (SSSR count). The molecule has 0 atom stereocenters. The SMILES string of the molecule is O=C(Nc1cccc(-c2cccc(F)c2)c1)C1CCN(Cc2cccc3c2OCO3)CC1. The molecular weight excluding hydrogens is 407 g/mol. The minimum Gasteiger partial charge on any atom is -0.454 e. The summed E-state index contributed by atoms with van der Waals surface area (Å²) in [4.78, 5) is 15.2. The normalized spacial score (nSPS) is 16.2. The van der Waals surface area contributed by atoms with E-state index in [9.17, 15) is 9.18 Å². The molecule has 5 nitrogen and oxygen atoms in total. The van der Waals surface area contributed by atoms with Crippen LogP contribution in [0.5, 0.6) is 11.5 Å². The van der Waals surface area contributed by atoms with Crippen LogP contribution in [-0.2, 0) is 11.3 Å². The lowest BCUT2D eigenvalue weighted by Gasteiger charge is -2.31. The fourth-order valence-corrected chi connectivity index (χ4v) is 4.40. The Morgan fingerprint density at radius 3 is 2.53 bits per heavy atom. The summed E-state index contributed by atoms with van der Waals surface area (Å²) in [6.45, 7) is 2.77. The van der Waals surface area contributed by atoms with E-state index >= 15 is 0 Å². The summed E-state index contributed by atoms with van der Waals surface area (Å²) in [5, 5.41) is 3.05. The predicted molar refractivity (Wildman–Crippen MR) is 121 cm³/mol. The van der Waals surface area contributed by atoms with E-state index in [4.69, 9.17) is 9.47 Å². The molecule has 3 aromatic rings. The fraction of sp³-hybridized carbons (Fsp3) is 0.269. The lowest BCUT2D eigenvalue weighted by molar-refractivity contribution is -0.121. The number of hydrogen-bond acceptors (Lipinski definition) is 4. The molecule has 0 saturated carbocycles. The van der Waals surface area contributed by atoms with Gasteiger partial charge in [0.1, 0.15) is 5.82 Å². The van der Waals surface area contributed by atoms with E-state index in [1.165, 1.54) is 12.1 Å². The molecule has 32 heavy (non-hydrogen) atoms. The number of carbonyl (C=O) groups is 1. The molecule has 6 heteroatoms. The third-order valence-electron chi connectivity index (χ3n) is 6.12. The standard InChI is InChI=1S/C26H25FN2O3/c27-22-7-1-4-19(14-22)20-5-2-8-23(15-20)28-26(30)18-10-12-29(13-11-18)16-21-6-3-9-24-25(21)32-17-31-24/h1-9,14-15,18H,10-13,16-17H2,(H,28,30). The second-order valence-electron chi connectivity index (χ2n) is 8.28. The fourth-order valence-electron chi connectivity index (χ4n) is 4.40. The smallest absolute Gasteiger partial charge is 0.231 e. The Labute approximate surface area is 186 Å². The van der Waals surface area contributed by atoms with E-state index in [1.807, 2.05) is 42.5 Å². The monoisotopic (exact) mass is 432 g/mol. The van der Waals surface area contributed by atoms with Gasteiger partial charge in [0.25, 0.3) is 0 Å². The summed E-state index contributed by atoms with van der Waals surface area (Å²) >= 11 is 0. The summed E-state index contributed by atoms with van der Waals surface area (Å²) in [6.07, 6.45) is 1.61. The van der Waals surface area contributed by atoms with Gasteiger partial charge >= 0.3 is 0 Å². The zero-order valence-corrected chi connectivity index (χ0v) is 17.7. The summed E-state index contributed by atoms with van der Waals surface area (Å²) in [5.41, 5.74) is 3.52. The molecule has 0 aliphatic carbocycles. The molecule has 0 bridgehead atoms. The van der Waals surface area contributed by atoms with Crippen LogP contribution in [0.4, 0.5) is 10.1 Å². The van der Waals surface area contributed by atoms with Gasteiger partial charge in [-0.1, -0.05) is 36.4 Å². The number of nitrogens with one attached hydrogen (secondary N) is 1. The first-order valence-electron chi connectivity index (χ1n) is 10.9. The van der Waals surface area contributed by atoms with Crippen molar-refractivity contribution in [1.29, 1.82) is 0 Å². The van der Waals surface area contributed by atoms with Gasteiger partial charge in [-0.15, -0.1) is 0 Å². The first-order chi connectivity index (χ1) is 15.7. The molecule has 1 amide bonds. The first kappa shape index (κ1) is 20.5. The average molecular weight is 432 g/mol. The maximum absolute atomic E-state index is 13.6. The Bertz CT molecular complexity index is 1130. The maximum atomic E-state index is 13.6. The van der Waals surface area contributed by atoms with E-state index in [0.717, 1.165) is 66.4 Å². The minimum atomic E-state index is -0.275. The molecule has 164 valence electrons. The number of halogens is 1.